The Labute approximate surface area is 185 Å². The van der Waals surface area contributed by atoms with Crippen LogP contribution in [0.5, 0.6) is 0 Å². The van der Waals surface area contributed by atoms with Gasteiger partial charge in [0.15, 0.2) is 5.96 Å². The van der Waals surface area contributed by atoms with Crippen LogP contribution in [0.15, 0.2) is 59.6 Å². The average molecular weight is 441 g/mol. The molecule has 0 saturated heterocycles. The number of hydrogen-bond acceptors (Lipinski definition) is 5. The smallest absolute Gasteiger partial charge is 0.326 e. The first kappa shape index (κ1) is 24.2. The molecule has 0 saturated carbocycles. The van der Waals surface area contributed by atoms with E-state index in [0.29, 0.717) is 6.42 Å². The molecule has 0 spiro atoms. The minimum Gasteiger partial charge on any atom is -0.480 e. The van der Waals surface area contributed by atoms with Crippen molar-refractivity contribution < 1.29 is 19.5 Å². The highest BCUT2D eigenvalue weighted by molar-refractivity contribution is 6.01. The van der Waals surface area contributed by atoms with Gasteiger partial charge in [0.05, 0.1) is 5.56 Å². The van der Waals surface area contributed by atoms with E-state index in [0.717, 1.165) is 5.56 Å². The van der Waals surface area contributed by atoms with E-state index in [1.54, 1.807) is 24.3 Å². The molecule has 0 aromatic heterocycles. The Morgan fingerprint density at radius 1 is 0.938 bits per heavy atom. The molecule has 2 aromatic carbocycles. The maximum Gasteiger partial charge on any atom is 0.326 e. The first-order valence-electron chi connectivity index (χ1n) is 10.1. The van der Waals surface area contributed by atoms with Crippen LogP contribution in [-0.4, -0.2) is 47.5 Å². The number of carbonyl (C=O) groups is 3. The van der Waals surface area contributed by atoms with Crippen LogP contribution in [0, 0.1) is 0 Å². The maximum atomic E-state index is 13.0. The normalized spacial score (nSPS) is 12.2. The second kappa shape index (κ2) is 11.9. The Hall–Kier alpha value is -4.08. The molecule has 0 heterocycles. The zero-order chi connectivity index (χ0) is 23.5. The summed E-state index contributed by atoms with van der Waals surface area (Å²) in [7, 11) is 0. The van der Waals surface area contributed by atoms with Gasteiger partial charge < -0.3 is 32.9 Å². The third-order valence-corrected chi connectivity index (χ3v) is 4.67. The van der Waals surface area contributed by atoms with E-state index < -0.39 is 29.9 Å². The summed E-state index contributed by atoms with van der Waals surface area (Å²) in [4.78, 5) is 41.1. The fraction of sp³-hybridized carbons (Fsp3) is 0.273. The van der Waals surface area contributed by atoms with Crippen LogP contribution in [0.25, 0.3) is 0 Å². The Morgan fingerprint density at radius 2 is 1.59 bits per heavy atom. The topological polar surface area (TPSA) is 186 Å². The lowest BCUT2D eigenvalue weighted by molar-refractivity contribution is -0.142. The fourth-order valence-electron chi connectivity index (χ4n) is 3.03. The van der Waals surface area contributed by atoms with Crippen molar-refractivity contribution >= 4 is 29.4 Å². The van der Waals surface area contributed by atoms with Gasteiger partial charge in [-0.2, -0.15) is 0 Å². The molecule has 32 heavy (non-hydrogen) atoms. The first-order valence-corrected chi connectivity index (χ1v) is 10.1. The van der Waals surface area contributed by atoms with Crippen molar-refractivity contribution in [3.05, 3.63) is 65.7 Å². The number of hydrogen-bond donors (Lipinski definition) is 6. The van der Waals surface area contributed by atoms with Crippen LogP contribution in [0.4, 0.5) is 5.69 Å². The molecule has 2 amide bonds. The molecule has 10 heteroatoms. The third kappa shape index (κ3) is 7.63. The molecular formula is C22H28N6O4. The van der Waals surface area contributed by atoms with Crippen molar-refractivity contribution in [3.8, 4) is 0 Å². The molecule has 0 fully saturated rings. The van der Waals surface area contributed by atoms with Gasteiger partial charge in [-0.1, -0.05) is 42.5 Å². The molecule has 0 radical (unpaired) electrons. The predicted octanol–water partition coefficient (Wildman–Crippen LogP) is 0.233. The zero-order valence-electron chi connectivity index (χ0n) is 17.5. The Bertz CT molecular complexity index is 960. The number of carbonyl (C=O) groups excluding carboxylic acids is 2. The van der Waals surface area contributed by atoms with Crippen molar-refractivity contribution in [2.45, 2.75) is 31.3 Å². The Balaban J connectivity index is 2.14. The summed E-state index contributed by atoms with van der Waals surface area (Å²) >= 11 is 0. The van der Waals surface area contributed by atoms with Gasteiger partial charge in [0.1, 0.15) is 12.1 Å². The molecule has 2 aromatic rings. The second-order valence-electron chi connectivity index (χ2n) is 7.15. The minimum atomic E-state index is -1.19. The van der Waals surface area contributed by atoms with Crippen LogP contribution < -0.4 is 27.8 Å². The number of nitrogens with one attached hydrogen (secondary N) is 2. The SMILES string of the molecule is NC(N)=NCCC[C@H](NC(=O)[C@H](Cc1ccccc1)NC(=O)c1ccccc1N)C(=O)O. The fourth-order valence-corrected chi connectivity index (χ4v) is 3.03. The summed E-state index contributed by atoms with van der Waals surface area (Å²) < 4.78 is 0. The van der Waals surface area contributed by atoms with Gasteiger partial charge in [0, 0.05) is 18.7 Å². The van der Waals surface area contributed by atoms with E-state index in [4.69, 9.17) is 17.2 Å². The number of nitrogens with two attached hydrogens (primary N) is 3. The molecule has 0 aliphatic heterocycles. The monoisotopic (exact) mass is 440 g/mol. The summed E-state index contributed by atoms with van der Waals surface area (Å²) in [6.45, 7) is 0.236. The van der Waals surface area contributed by atoms with Gasteiger partial charge in [0.2, 0.25) is 5.91 Å². The second-order valence-corrected chi connectivity index (χ2v) is 7.15. The van der Waals surface area contributed by atoms with E-state index in [-0.39, 0.29) is 36.6 Å². The summed E-state index contributed by atoms with van der Waals surface area (Å²) in [5.74, 6) is -2.43. The highest BCUT2D eigenvalue weighted by Crippen LogP contribution is 2.12. The first-order chi connectivity index (χ1) is 15.3. The number of guanidine groups is 1. The number of benzene rings is 2. The number of carboxylic acid groups (broad SMARTS) is 1. The van der Waals surface area contributed by atoms with E-state index in [1.165, 1.54) is 0 Å². The lowest BCUT2D eigenvalue weighted by Gasteiger charge is -2.22. The summed E-state index contributed by atoms with van der Waals surface area (Å²) in [6.07, 6.45) is 0.645. The largest absolute Gasteiger partial charge is 0.480 e. The molecule has 0 bridgehead atoms. The van der Waals surface area contributed by atoms with Gasteiger partial charge in [-0.05, 0) is 30.5 Å². The summed E-state index contributed by atoms with van der Waals surface area (Å²) in [6, 6.07) is 13.4. The summed E-state index contributed by atoms with van der Waals surface area (Å²) in [5, 5.41) is 14.7. The minimum absolute atomic E-state index is 0.0910. The molecule has 2 rings (SSSR count). The van der Waals surface area contributed by atoms with Crippen molar-refractivity contribution in [1.29, 1.82) is 0 Å². The number of nitrogen functional groups attached to an aromatic ring is 1. The Kier molecular flexibility index (Phi) is 9.03. The van der Waals surface area contributed by atoms with Crippen LogP contribution in [0.3, 0.4) is 0 Å². The maximum absolute atomic E-state index is 13.0. The number of rotatable bonds is 11. The number of nitrogens with zero attached hydrogens (tertiary/aromatic N) is 1. The van der Waals surface area contributed by atoms with E-state index in [1.807, 2.05) is 30.3 Å². The zero-order valence-corrected chi connectivity index (χ0v) is 17.5. The molecule has 0 unspecified atom stereocenters. The highest BCUT2D eigenvalue weighted by Gasteiger charge is 2.27. The average Bonchev–Trinajstić information content (AvgIpc) is 2.75. The van der Waals surface area contributed by atoms with Crippen LogP contribution in [0.2, 0.25) is 0 Å². The predicted molar refractivity (Wildman–Crippen MR) is 122 cm³/mol. The van der Waals surface area contributed by atoms with Gasteiger partial charge in [-0.3, -0.25) is 14.6 Å². The molecule has 10 nitrogen and oxygen atoms in total. The standard InChI is InChI=1S/C22H28N6O4/c23-16-10-5-4-9-15(16)19(29)28-18(13-14-7-2-1-3-8-14)20(30)27-17(21(31)32)11-6-12-26-22(24)25/h1-5,7-10,17-18H,6,11-13,23H2,(H,27,30)(H,28,29)(H,31,32)(H4,24,25,26)/t17-,18-/m0/s1. The number of amides is 2. The molecule has 170 valence electrons. The van der Waals surface area contributed by atoms with Gasteiger partial charge in [0.25, 0.3) is 5.91 Å². The molecule has 0 aliphatic carbocycles. The lowest BCUT2D eigenvalue weighted by atomic mass is 10.0. The molecule has 9 N–H and O–H groups in total. The third-order valence-electron chi connectivity index (χ3n) is 4.67. The van der Waals surface area contributed by atoms with Crippen molar-refractivity contribution in [2.24, 2.45) is 16.5 Å². The number of anilines is 1. The van der Waals surface area contributed by atoms with Crippen LogP contribution >= 0.6 is 0 Å². The molecule has 2 atom stereocenters. The Morgan fingerprint density at radius 3 is 2.22 bits per heavy atom. The number of aliphatic imine (C=N–C) groups is 1. The molecular weight excluding hydrogens is 412 g/mol. The van der Waals surface area contributed by atoms with Crippen LogP contribution in [0.1, 0.15) is 28.8 Å². The van der Waals surface area contributed by atoms with E-state index >= 15 is 0 Å². The number of para-hydroxylation sites is 1. The van der Waals surface area contributed by atoms with Gasteiger partial charge in [-0.25, -0.2) is 4.79 Å². The van der Waals surface area contributed by atoms with Crippen molar-refractivity contribution in [1.82, 2.24) is 10.6 Å². The van der Waals surface area contributed by atoms with Crippen LogP contribution in [-0.2, 0) is 16.0 Å². The molecule has 0 aliphatic rings. The summed E-state index contributed by atoms with van der Waals surface area (Å²) in [5.41, 5.74) is 17.7. The highest BCUT2D eigenvalue weighted by atomic mass is 16.4. The van der Waals surface area contributed by atoms with E-state index in [9.17, 15) is 19.5 Å². The van der Waals surface area contributed by atoms with Crippen molar-refractivity contribution in [2.75, 3.05) is 12.3 Å². The quantitative estimate of drug-likeness (QED) is 0.125. The van der Waals surface area contributed by atoms with Crippen molar-refractivity contribution in [3.63, 3.8) is 0 Å². The number of aliphatic carboxylic acids is 1. The lowest BCUT2D eigenvalue weighted by Crippen LogP contribution is -2.52. The number of carboxylic acids is 1. The van der Waals surface area contributed by atoms with E-state index in [2.05, 4.69) is 15.6 Å². The van der Waals surface area contributed by atoms with Gasteiger partial charge >= 0.3 is 5.97 Å². The van der Waals surface area contributed by atoms with Gasteiger partial charge in [-0.15, -0.1) is 0 Å².